The van der Waals surface area contributed by atoms with Crippen LogP contribution in [-0.4, -0.2) is 4.98 Å². The fraction of sp³-hybridized carbons (Fsp3) is 0. The van der Waals surface area contributed by atoms with Crippen LogP contribution in [0.2, 0.25) is 0 Å². The van der Waals surface area contributed by atoms with Crippen LogP contribution in [0, 0.1) is 6.07 Å². The van der Waals surface area contributed by atoms with E-state index in [-0.39, 0.29) is 5.43 Å². The van der Waals surface area contributed by atoms with E-state index in [0.29, 0.717) is 0 Å². The summed E-state index contributed by atoms with van der Waals surface area (Å²) in [5.74, 6) is 0. The first-order valence-electron chi connectivity index (χ1n) is 6.19. The molecule has 1 aliphatic heterocycles. The van der Waals surface area contributed by atoms with Gasteiger partial charge in [-0.25, -0.2) is 0 Å². The van der Waals surface area contributed by atoms with E-state index in [9.17, 15) is 4.79 Å². The van der Waals surface area contributed by atoms with Gasteiger partial charge in [-0.15, -0.1) is 0 Å². The predicted octanol–water partition coefficient (Wildman–Crippen LogP) is 3.59. The SMILES string of the molecule is O=c1[c]c2[nH]c3ccccc3cc-2c2ccccc12. The summed E-state index contributed by atoms with van der Waals surface area (Å²) in [5.41, 5.74) is 2.76. The molecule has 0 fully saturated rings. The molecule has 19 heavy (non-hydrogen) atoms. The van der Waals surface area contributed by atoms with Gasteiger partial charge in [0.05, 0.1) is 11.8 Å². The Morgan fingerprint density at radius 2 is 1.63 bits per heavy atom. The average molecular weight is 244 g/mol. The van der Waals surface area contributed by atoms with Crippen molar-refractivity contribution in [3.05, 3.63) is 70.9 Å². The van der Waals surface area contributed by atoms with Gasteiger partial charge < -0.3 is 4.98 Å². The summed E-state index contributed by atoms with van der Waals surface area (Å²) in [6, 6.07) is 20.7. The lowest BCUT2D eigenvalue weighted by Crippen LogP contribution is -2.04. The van der Waals surface area contributed by atoms with Gasteiger partial charge in [0.15, 0.2) is 5.43 Å². The minimum Gasteiger partial charge on any atom is -0.354 e. The lowest BCUT2D eigenvalue weighted by molar-refractivity contribution is 1.39. The van der Waals surface area contributed by atoms with Crippen LogP contribution < -0.4 is 5.43 Å². The van der Waals surface area contributed by atoms with Crippen molar-refractivity contribution in [1.29, 1.82) is 0 Å². The molecular weight excluding hydrogens is 234 g/mol. The van der Waals surface area contributed by atoms with Crippen molar-refractivity contribution in [1.82, 2.24) is 4.98 Å². The number of H-pyrrole nitrogens is 1. The van der Waals surface area contributed by atoms with Gasteiger partial charge >= 0.3 is 0 Å². The number of para-hydroxylation sites is 1. The Hall–Kier alpha value is -2.61. The molecule has 4 rings (SSSR count). The maximum atomic E-state index is 12.1. The molecule has 0 spiro atoms. The number of benzene rings is 3. The molecule has 2 aromatic rings. The molecule has 0 unspecified atom stereocenters. The maximum Gasteiger partial charge on any atom is 0.196 e. The fourth-order valence-electron chi connectivity index (χ4n) is 2.57. The summed E-state index contributed by atoms with van der Waals surface area (Å²) in [6.07, 6.45) is 0. The molecule has 1 N–H and O–H groups in total. The molecule has 2 aromatic carbocycles. The third kappa shape index (κ3) is 1.47. The van der Waals surface area contributed by atoms with Gasteiger partial charge in [0.25, 0.3) is 0 Å². The summed E-state index contributed by atoms with van der Waals surface area (Å²) >= 11 is 0. The highest BCUT2D eigenvalue weighted by atomic mass is 16.1. The number of aromatic amines is 1. The van der Waals surface area contributed by atoms with Crippen molar-refractivity contribution in [2.24, 2.45) is 0 Å². The third-order valence-electron chi connectivity index (χ3n) is 3.49. The second kappa shape index (κ2) is 3.69. The zero-order chi connectivity index (χ0) is 12.8. The van der Waals surface area contributed by atoms with Crippen molar-refractivity contribution >= 4 is 21.7 Å². The van der Waals surface area contributed by atoms with Gasteiger partial charge in [-0.05, 0) is 22.9 Å². The van der Waals surface area contributed by atoms with E-state index in [4.69, 9.17) is 0 Å². The van der Waals surface area contributed by atoms with E-state index in [1.807, 2.05) is 42.5 Å². The Kier molecular flexibility index (Phi) is 2.00. The average Bonchev–Trinajstić information content (AvgIpc) is 2.46. The lowest BCUT2D eigenvalue weighted by atomic mass is 9.98. The van der Waals surface area contributed by atoms with E-state index in [2.05, 4.69) is 23.2 Å². The van der Waals surface area contributed by atoms with Crippen LogP contribution in [0.25, 0.3) is 32.9 Å². The standard InChI is InChI=1S/C17H10NO/c19-17-10-16-14(12-6-2-3-7-13(12)17)9-11-5-1-4-8-15(11)18-16/h1-9,18H. The Bertz CT molecular complexity index is 936. The first-order chi connectivity index (χ1) is 9.33. The Morgan fingerprint density at radius 3 is 2.53 bits per heavy atom. The molecule has 1 heterocycles. The molecule has 2 heteroatoms. The molecule has 0 aromatic heterocycles. The van der Waals surface area contributed by atoms with E-state index in [1.54, 1.807) is 0 Å². The largest absolute Gasteiger partial charge is 0.354 e. The number of hydrogen-bond donors (Lipinski definition) is 1. The van der Waals surface area contributed by atoms with E-state index in [1.165, 1.54) is 0 Å². The Labute approximate surface area is 109 Å². The number of hydrogen-bond acceptors (Lipinski definition) is 1. The van der Waals surface area contributed by atoms with Gasteiger partial charge in [0.2, 0.25) is 0 Å². The van der Waals surface area contributed by atoms with Crippen LogP contribution in [0.1, 0.15) is 0 Å². The highest BCUT2D eigenvalue weighted by molar-refractivity contribution is 6.00. The van der Waals surface area contributed by atoms with E-state index in [0.717, 1.165) is 32.9 Å². The molecule has 0 saturated carbocycles. The van der Waals surface area contributed by atoms with Crippen molar-refractivity contribution in [3.8, 4) is 11.3 Å². The van der Waals surface area contributed by atoms with Gasteiger partial charge in [-0.3, -0.25) is 4.79 Å². The van der Waals surface area contributed by atoms with Crippen LogP contribution in [0.4, 0.5) is 0 Å². The number of fused-ring (bicyclic) bond motifs is 4. The molecule has 0 atom stereocenters. The molecule has 89 valence electrons. The van der Waals surface area contributed by atoms with E-state index < -0.39 is 0 Å². The lowest BCUT2D eigenvalue weighted by Gasteiger charge is -2.10. The molecule has 0 saturated heterocycles. The normalized spacial score (nSPS) is 11.4. The Morgan fingerprint density at radius 1 is 0.895 bits per heavy atom. The number of nitrogens with one attached hydrogen (secondary N) is 1. The monoisotopic (exact) mass is 244 g/mol. The fourth-order valence-corrected chi connectivity index (χ4v) is 2.57. The van der Waals surface area contributed by atoms with Gasteiger partial charge in [-0.2, -0.15) is 0 Å². The molecule has 1 radical (unpaired) electrons. The molecule has 2 nitrogen and oxygen atoms in total. The van der Waals surface area contributed by atoms with Gasteiger partial charge in [-0.1, -0.05) is 42.5 Å². The predicted molar refractivity (Wildman–Crippen MR) is 77.5 cm³/mol. The zero-order valence-corrected chi connectivity index (χ0v) is 10.1. The summed E-state index contributed by atoms with van der Waals surface area (Å²) in [7, 11) is 0. The molecule has 2 aliphatic rings. The van der Waals surface area contributed by atoms with Crippen molar-refractivity contribution in [2.75, 3.05) is 0 Å². The second-order valence-electron chi connectivity index (χ2n) is 4.64. The van der Waals surface area contributed by atoms with Crippen LogP contribution in [-0.2, 0) is 0 Å². The highest BCUT2D eigenvalue weighted by Crippen LogP contribution is 2.29. The molecular formula is C17H10NO. The smallest absolute Gasteiger partial charge is 0.196 e. The minimum absolute atomic E-state index is 0.0605. The number of pyridine rings is 1. The molecule has 1 aliphatic carbocycles. The molecule has 0 bridgehead atoms. The van der Waals surface area contributed by atoms with Crippen molar-refractivity contribution in [3.63, 3.8) is 0 Å². The third-order valence-corrected chi connectivity index (χ3v) is 3.49. The summed E-state index contributed by atoms with van der Waals surface area (Å²) < 4.78 is 0. The van der Waals surface area contributed by atoms with Gasteiger partial charge in [0, 0.05) is 16.5 Å². The van der Waals surface area contributed by atoms with Crippen LogP contribution >= 0.6 is 0 Å². The van der Waals surface area contributed by atoms with Crippen molar-refractivity contribution < 1.29 is 0 Å². The van der Waals surface area contributed by atoms with Gasteiger partial charge in [0.1, 0.15) is 0 Å². The quantitative estimate of drug-likeness (QED) is 0.372. The first kappa shape index (κ1) is 10.3. The number of rotatable bonds is 0. The number of aromatic nitrogens is 1. The van der Waals surface area contributed by atoms with Crippen LogP contribution in [0.15, 0.2) is 59.4 Å². The topological polar surface area (TPSA) is 32.9 Å². The molecule has 0 amide bonds. The van der Waals surface area contributed by atoms with E-state index >= 15 is 0 Å². The minimum atomic E-state index is -0.0605. The van der Waals surface area contributed by atoms with Crippen LogP contribution in [0.3, 0.4) is 0 Å². The second-order valence-corrected chi connectivity index (χ2v) is 4.64. The van der Waals surface area contributed by atoms with Crippen molar-refractivity contribution in [2.45, 2.75) is 0 Å². The summed E-state index contributed by atoms with van der Waals surface area (Å²) in [5, 5.41) is 2.83. The Balaban J connectivity index is 2.30. The first-order valence-corrected chi connectivity index (χ1v) is 6.19. The maximum absolute atomic E-state index is 12.1. The zero-order valence-electron chi connectivity index (χ0n) is 10.1. The van der Waals surface area contributed by atoms with Crippen LogP contribution in [0.5, 0.6) is 0 Å². The summed E-state index contributed by atoms with van der Waals surface area (Å²) in [4.78, 5) is 15.3. The summed E-state index contributed by atoms with van der Waals surface area (Å²) in [6.45, 7) is 0. The highest BCUT2D eigenvalue weighted by Gasteiger charge is 2.11.